The minimum Gasteiger partial charge on any atom is -0.481 e. The van der Waals surface area contributed by atoms with Crippen molar-refractivity contribution in [1.82, 2.24) is 0 Å². The number of halogens is 2. The van der Waals surface area contributed by atoms with E-state index < -0.39 is 18.6 Å². The maximum absolute atomic E-state index is 13.2. The lowest BCUT2D eigenvalue weighted by Crippen LogP contribution is -2.01. The number of aliphatic carboxylic acids is 1. The third-order valence-corrected chi connectivity index (χ3v) is 1.94. The highest BCUT2D eigenvalue weighted by molar-refractivity contribution is 6.31. The lowest BCUT2D eigenvalue weighted by atomic mass is 10.1. The Morgan fingerprint density at radius 1 is 1.54 bits per heavy atom. The lowest BCUT2D eigenvalue weighted by Gasteiger charge is -2.06. The zero-order chi connectivity index (χ0) is 9.84. The molecule has 0 aliphatic carbocycles. The molecule has 1 aromatic carbocycles. The van der Waals surface area contributed by atoms with Crippen LogP contribution in [-0.4, -0.2) is 11.1 Å². The number of alkyl halides is 1. The molecule has 1 unspecified atom stereocenters. The zero-order valence-electron chi connectivity index (χ0n) is 6.71. The van der Waals surface area contributed by atoms with Crippen LogP contribution in [0.3, 0.4) is 0 Å². The van der Waals surface area contributed by atoms with Crippen LogP contribution in [0, 0.1) is 0 Å². The number of carboxylic acids is 1. The number of rotatable bonds is 3. The smallest absolute Gasteiger partial charge is 0.306 e. The van der Waals surface area contributed by atoms with Crippen molar-refractivity contribution in [3.63, 3.8) is 0 Å². The fourth-order valence-corrected chi connectivity index (χ4v) is 1.25. The fourth-order valence-electron chi connectivity index (χ4n) is 0.992. The number of carbonyl (C=O) groups is 1. The SMILES string of the molecule is O=C(O)CC(F)c1ccccc1Cl. The minimum absolute atomic E-state index is 0.228. The molecule has 4 heteroatoms. The van der Waals surface area contributed by atoms with E-state index in [0.717, 1.165) is 0 Å². The van der Waals surface area contributed by atoms with Gasteiger partial charge in [-0.3, -0.25) is 4.79 Å². The molecule has 0 bridgehead atoms. The van der Waals surface area contributed by atoms with Crippen LogP contribution in [0.1, 0.15) is 18.2 Å². The van der Waals surface area contributed by atoms with Crippen LogP contribution in [0.2, 0.25) is 5.02 Å². The molecule has 0 aromatic heterocycles. The zero-order valence-corrected chi connectivity index (χ0v) is 7.46. The highest BCUT2D eigenvalue weighted by atomic mass is 35.5. The van der Waals surface area contributed by atoms with Gasteiger partial charge in [-0.15, -0.1) is 0 Å². The van der Waals surface area contributed by atoms with E-state index in [1.54, 1.807) is 12.1 Å². The molecule has 0 amide bonds. The molecule has 0 fully saturated rings. The van der Waals surface area contributed by atoms with Gasteiger partial charge < -0.3 is 5.11 Å². The first-order valence-electron chi connectivity index (χ1n) is 3.71. The molecule has 2 nitrogen and oxygen atoms in total. The van der Waals surface area contributed by atoms with Crippen LogP contribution >= 0.6 is 11.6 Å². The van der Waals surface area contributed by atoms with E-state index >= 15 is 0 Å². The molecule has 1 rings (SSSR count). The van der Waals surface area contributed by atoms with E-state index in [1.807, 2.05) is 0 Å². The number of hydrogen-bond acceptors (Lipinski definition) is 1. The summed E-state index contributed by atoms with van der Waals surface area (Å²) in [7, 11) is 0. The first-order valence-corrected chi connectivity index (χ1v) is 4.09. The Kier molecular flexibility index (Phi) is 3.25. The van der Waals surface area contributed by atoms with E-state index in [2.05, 4.69) is 0 Å². The van der Waals surface area contributed by atoms with Crippen molar-refractivity contribution in [2.45, 2.75) is 12.6 Å². The topological polar surface area (TPSA) is 37.3 Å². The van der Waals surface area contributed by atoms with Crippen molar-refractivity contribution in [2.24, 2.45) is 0 Å². The molecule has 1 atom stereocenters. The van der Waals surface area contributed by atoms with Crippen molar-refractivity contribution in [1.29, 1.82) is 0 Å². The molecular formula is C9H8ClFO2. The van der Waals surface area contributed by atoms with Crippen LogP contribution in [0.25, 0.3) is 0 Å². The van der Waals surface area contributed by atoms with E-state index in [-0.39, 0.29) is 10.6 Å². The summed E-state index contributed by atoms with van der Waals surface area (Å²) in [5.41, 5.74) is 0.228. The van der Waals surface area contributed by atoms with E-state index in [4.69, 9.17) is 16.7 Å². The van der Waals surface area contributed by atoms with Crippen molar-refractivity contribution in [2.75, 3.05) is 0 Å². The van der Waals surface area contributed by atoms with Crippen molar-refractivity contribution < 1.29 is 14.3 Å². The third kappa shape index (κ3) is 2.70. The molecule has 0 heterocycles. The molecule has 0 radical (unpaired) electrons. The molecule has 0 saturated heterocycles. The summed E-state index contributed by atoms with van der Waals surface area (Å²) in [6, 6.07) is 6.30. The summed E-state index contributed by atoms with van der Waals surface area (Å²) in [6.07, 6.45) is -2.09. The van der Waals surface area contributed by atoms with Crippen molar-refractivity contribution in [3.05, 3.63) is 34.9 Å². The van der Waals surface area contributed by atoms with Gasteiger partial charge in [0.05, 0.1) is 6.42 Å². The molecule has 0 spiro atoms. The Balaban J connectivity index is 2.82. The second kappa shape index (κ2) is 4.23. The highest BCUT2D eigenvalue weighted by Gasteiger charge is 2.16. The number of hydrogen-bond donors (Lipinski definition) is 1. The van der Waals surface area contributed by atoms with Gasteiger partial charge >= 0.3 is 5.97 Å². The molecule has 1 aromatic rings. The summed E-state index contributed by atoms with van der Waals surface area (Å²) >= 11 is 5.67. The Bertz CT molecular complexity index is 314. The standard InChI is InChI=1S/C9H8ClFO2/c10-7-4-2-1-3-6(7)8(11)5-9(12)13/h1-4,8H,5H2,(H,12,13). The van der Waals surface area contributed by atoms with Gasteiger partial charge in [-0.1, -0.05) is 29.8 Å². The van der Waals surface area contributed by atoms with Crippen LogP contribution in [0.5, 0.6) is 0 Å². The highest BCUT2D eigenvalue weighted by Crippen LogP contribution is 2.27. The van der Waals surface area contributed by atoms with Gasteiger partial charge in [-0.2, -0.15) is 0 Å². The summed E-state index contributed by atoms with van der Waals surface area (Å²) in [5.74, 6) is -1.17. The Morgan fingerprint density at radius 3 is 2.69 bits per heavy atom. The summed E-state index contributed by atoms with van der Waals surface area (Å²) in [5, 5.41) is 8.61. The van der Waals surface area contributed by atoms with E-state index in [1.165, 1.54) is 12.1 Å². The van der Waals surface area contributed by atoms with Crippen LogP contribution in [0.4, 0.5) is 4.39 Å². The fraction of sp³-hybridized carbons (Fsp3) is 0.222. The normalized spacial score (nSPS) is 12.5. The van der Waals surface area contributed by atoms with Crippen molar-refractivity contribution in [3.8, 4) is 0 Å². The van der Waals surface area contributed by atoms with Gasteiger partial charge in [0.1, 0.15) is 6.17 Å². The van der Waals surface area contributed by atoms with E-state index in [9.17, 15) is 9.18 Å². The molecule has 13 heavy (non-hydrogen) atoms. The second-order valence-electron chi connectivity index (χ2n) is 2.59. The predicted molar refractivity (Wildman–Crippen MR) is 47.6 cm³/mol. The number of benzene rings is 1. The van der Waals surface area contributed by atoms with Crippen LogP contribution < -0.4 is 0 Å². The average Bonchev–Trinajstić information content (AvgIpc) is 2.03. The summed E-state index contributed by atoms with van der Waals surface area (Å²) in [4.78, 5) is 10.2. The van der Waals surface area contributed by atoms with Gasteiger partial charge in [-0.25, -0.2) is 4.39 Å². The summed E-state index contributed by atoms with van der Waals surface area (Å²) < 4.78 is 13.2. The molecule has 0 aliphatic rings. The second-order valence-corrected chi connectivity index (χ2v) is 2.99. The van der Waals surface area contributed by atoms with Gasteiger partial charge in [0, 0.05) is 10.6 Å². The van der Waals surface area contributed by atoms with Gasteiger partial charge in [-0.05, 0) is 6.07 Å². The molecule has 70 valence electrons. The monoisotopic (exact) mass is 202 g/mol. The average molecular weight is 203 g/mol. The van der Waals surface area contributed by atoms with Gasteiger partial charge in [0.25, 0.3) is 0 Å². The van der Waals surface area contributed by atoms with E-state index in [0.29, 0.717) is 0 Å². The first-order chi connectivity index (χ1) is 6.11. The largest absolute Gasteiger partial charge is 0.481 e. The molecule has 0 aliphatic heterocycles. The molecule has 1 N–H and O–H groups in total. The maximum atomic E-state index is 13.2. The maximum Gasteiger partial charge on any atom is 0.306 e. The first kappa shape index (κ1) is 9.99. The molecule has 0 saturated carbocycles. The Morgan fingerprint density at radius 2 is 2.15 bits per heavy atom. The quantitative estimate of drug-likeness (QED) is 0.819. The Labute approximate surface area is 80.0 Å². The predicted octanol–water partition coefficient (Wildman–Crippen LogP) is 2.83. The number of carboxylic acid groups (broad SMARTS) is 1. The Hall–Kier alpha value is -1.09. The van der Waals surface area contributed by atoms with Crippen molar-refractivity contribution >= 4 is 17.6 Å². The minimum atomic E-state index is -1.54. The van der Waals surface area contributed by atoms with Gasteiger partial charge in [0.15, 0.2) is 0 Å². The lowest BCUT2D eigenvalue weighted by molar-refractivity contribution is -0.138. The van der Waals surface area contributed by atoms with Crippen LogP contribution in [0.15, 0.2) is 24.3 Å². The summed E-state index contributed by atoms with van der Waals surface area (Å²) in [6.45, 7) is 0. The van der Waals surface area contributed by atoms with Gasteiger partial charge in [0.2, 0.25) is 0 Å². The van der Waals surface area contributed by atoms with Crippen LogP contribution in [-0.2, 0) is 4.79 Å². The molecular weight excluding hydrogens is 195 g/mol. The third-order valence-electron chi connectivity index (χ3n) is 1.60.